The van der Waals surface area contributed by atoms with Gasteiger partial charge in [-0.2, -0.15) is 0 Å². The zero-order valence-corrected chi connectivity index (χ0v) is 20.6. The number of nitrogens with zero attached hydrogens (tertiary/aromatic N) is 1. The second-order valence-corrected chi connectivity index (χ2v) is 7.88. The van der Waals surface area contributed by atoms with Crippen LogP contribution >= 0.6 is 0 Å². The van der Waals surface area contributed by atoms with Crippen molar-refractivity contribution < 1.29 is 4.79 Å². The molecule has 4 heteroatoms. The summed E-state index contributed by atoms with van der Waals surface area (Å²) in [6, 6.07) is 13.9. The van der Waals surface area contributed by atoms with Crippen molar-refractivity contribution in [1.82, 2.24) is 0 Å². The third-order valence-corrected chi connectivity index (χ3v) is 5.10. The Kier molecular flexibility index (Phi) is 10.9. The van der Waals surface area contributed by atoms with Crippen LogP contribution in [-0.2, 0) is 0 Å². The van der Waals surface area contributed by atoms with Gasteiger partial charge in [0.2, 0.25) is 0 Å². The molecule has 174 valence electrons. The standard InChI is InChI=1S/C29H37N3O/c1-6-9-11-14-25-21-26(18-19-27(25)30-5)31-29(13-8-3)32-28(17-10-7-2)24-16-12-15-23(20-24)22(4)33/h8,11-21,30H,6-7,9-10H2,1-5H3,(H,31,32). The van der Waals surface area contributed by atoms with Gasteiger partial charge in [-0.15, -0.1) is 0 Å². The minimum atomic E-state index is 0.0516. The number of rotatable bonds is 11. The number of amidine groups is 1. The molecule has 0 aromatic heterocycles. The van der Waals surface area contributed by atoms with Crippen LogP contribution < -0.4 is 10.6 Å². The summed E-state index contributed by atoms with van der Waals surface area (Å²) < 4.78 is 0. The van der Waals surface area contributed by atoms with Crippen LogP contribution in [0.4, 0.5) is 11.4 Å². The Hall–Kier alpha value is -3.40. The summed E-state index contributed by atoms with van der Waals surface area (Å²) in [7, 11) is 1.94. The summed E-state index contributed by atoms with van der Waals surface area (Å²) in [4.78, 5) is 16.8. The minimum absolute atomic E-state index is 0.0516. The van der Waals surface area contributed by atoms with Gasteiger partial charge in [0.1, 0.15) is 5.84 Å². The first-order chi connectivity index (χ1) is 16.0. The van der Waals surface area contributed by atoms with E-state index in [0.29, 0.717) is 5.56 Å². The number of hydrogen-bond acceptors (Lipinski definition) is 3. The Morgan fingerprint density at radius 1 is 1.03 bits per heavy atom. The molecule has 0 unspecified atom stereocenters. The van der Waals surface area contributed by atoms with Gasteiger partial charge in [-0.05, 0) is 62.6 Å². The molecule has 0 saturated heterocycles. The zero-order valence-electron chi connectivity index (χ0n) is 20.6. The normalized spacial score (nSPS) is 12.5. The lowest BCUT2D eigenvalue weighted by atomic mass is 10.0. The van der Waals surface area contributed by atoms with E-state index in [2.05, 4.69) is 54.8 Å². The fourth-order valence-electron chi connectivity index (χ4n) is 3.33. The summed E-state index contributed by atoms with van der Waals surface area (Å²) in [5.74, 6) is 0.796. The average molecular weight is 444 g/mol. The highest BCUT2D eigenvalue weighted by Gasteiger charge is 2.07. The van der Waals surface area contributed by atoms with Crippen LogP contribution in [0.3, 0.4) is 0 Å². The van der Waals surface area contributed by atoms with Crippen molar-refractivity contribution >= 4 is 34.8 Å². The molecule has 2 N–H and O–H groups in total. The van der Waals surface area contributed by atoms with E-state index in [1.807, 2.05) is 56.5 Å². The van der Waals surface area contributed by atoms with Crippen LogP contribution in [0.2, 0.25) is 0 Å². The molecule has 0 aliphatic carbocycles. The molecule has 0 aliphatic rings. The third kappa shape index (κ3) is 8.23. The van der Waals surface area contributed by atoms with E-state index in [-0.39, 0.29) is 5.78 Å². The van der Waals surface area contributed by atoms with E-state index in [1.165, 1.54) is 0 Å². The number of nitrogens with one attached hydrogen (secondary N) is 2. The minimum Gasteiger partial charge on any atom is -0.388 e. The number of anilines is 2. The predicted octanol–water partition coefficient (Wildman–Crippen LogP) is 7.97. The van der Waals surface area contributed by atoms with E-state index >= 15 is 0 Å². The van der Waals surface area contributed by atoms with Crippen molar-refractivity contribution in [1.29, 1.82) is 0 Å². The van der Waals surface area contributed by atoms with Crippen LogP contribution in [0.5, 0.6) is 0 Å². The van der Waals surface area contributed by atoms with Gasteiger partial charge in [0.15, 0.2) is 5.78 Å². The molecule has 33 heavy (non-hydrogen) atoms. The fraction of sp³-hybridized carbons (Fsp3) is 0.310. The smallest absolute Gasteiger partial charge is 0.159 e. The number of Topliss-reactive ketones (excluding diaryl/α,β-unsaturated/α-hetero) is 1. The molecule has 0 saturated carbocycles. The van der Waals surface area contributed by atoms with Gasteiger partial charge in [0.05, 0.1) is 5.70 Å². The monoisotopic (exact) mass is 443 g/mol. The van der Waals surface area contributed by atoms with E-state index in [0.717, 1.165) is 59.7 Å². The van der Waals surface area contributed by atoms with E-state index in [9.17, 15) is 4.79 Å². The van der Waals surface area contributed by atoms with Gasteiger partial charge in [-0.1, -0.05) is 69.2 Å². The molecule has 4 nitrogen and oxygen atoms in total. The predicted molar refractivity (Wildman–Crippen MR) is 145 cm³/mol. The van der Waals surface area contributed by atoms with Gasteiger partial charge in [0, 0.05) is 29.5 Å². The summed E-state index contributed by atoms with van der Waals surface area (Å²) in [5.41, 5.74) is 5.67. The summed E-state index contributed by atoms with van der Waals surface area (Å²) in [6.07, 6.45) is 14.5. The first kappa shape index (κ1) is 25.9. The first-order valence-electron chi connectivity index (χ1n) is 11.8. The van der Waals surface area contributed by atoms with Crippen LogP contribution in [0, 0.1) is 0 Å². The number of hydrogen-bond donors (Lipinski definition) is 2. The largest absolute Gasteiger partial charge is 0.388 e. The van der Waals surface area contributed by atoms with Crippen LogP contribution in [0.15, 0.2) is 71.8 Å². The van der Waals surface area contributed by atoms with Gasteiger partial charge in [-0.25, -0.2) is 4.99 Å². The quantitative estimate of drug-likeness (QED) is 0.210. The molecule has 0 aliphatic heterocycles. The van der Waals surface area contributed by atoms with Crippen LogP contribution in [0.25, 0.3) is 11.8 Å². The topological polar surface area (TPSA) is 53.5 Å². The lowest BCUT2D eigenvalue weighted by Crippen LogP contribution is -2.10. The first-order valence-corrected chi connectivity index (χ1v) is 11.8. The van der Waals surface area contributed by atoms with Crippen molar-refractivity contribution in [2.24, 2.45) is 4.99 Å². The number of aliphatic imine (C=N–C) groups is 1. The zero-order chi connectivity index (χ0) is 24.1. The molecule has 0 spiro atoms. The lowest BCUT2D eigenvalue weighted by molar-refractivity contribution is 0.101. The van der Waals surface area contributed by atoms with Crippen molar-refractivity contribution in [3.8, 4) is 0 Å². The summed E-state index contributed by atoms with van der Waals surface area (Å²) >= 11 is 0. The van der Waals surface area contributed by atoms with Crippen LogP contribution in [0.1, 0.15) is 74.9 Å². The van der Waals surface area contributed by atoms with E-state index in [4.69, 9.17) is 4.99 Å². The highest BCUT2D eigenvalue weighted by Crippen LogP contribution is 2.24. The molecule has 0 fully saturated rings. The highest BCUT2D eigenvalue weighted by atomic mass is 16.1. The second-order valence-electron chi connectivity index (χ2n) is 7.88. The van der Waals surface area contributed by atoms with Crippen molar-refractivity contribution in [2.45, 2.75) is 53.4 Å². The van der Waals surface area contributed by atoms with Crippen LogP contribution in [-0.4, -0.2) is 18.7 Å². The Morgan fingerprint density at radius 2 is 1.79 bits per heavy atom. The lowest BCUT2D eigenvalue weighted by Gasteiger charge is -2.12. The number of unbranched alkanes of at least 4 members (excludes halogenated alkanes) is 2. The maximum atomic E-state index is 11.9. The van der Waals surface area contributed by atoms with Gasteiger partial charge in [-0.3, -0.25) is 4.79 Å². The molecular formula is C29H37N3O. The van der Waals surface area contributed by atoms with E-state index in [1.54, 1.807) is 6.92 Å². The molecule has 2 aromatic rings. The molecule has 0 bridgehead atoms. The molecule has 0 amide bonds. The molecule has 0 atom stereocenters. The number of benzene rings is 2. The molecule has 0 radical (unpaired) electrons. The molecule has 0 heterocycles. The second kappa shape index (κ2) is 13.9. The third-order valence-electron chi connectivity index (χ3n) is 5.10. The number of carbonyl (C=O) groups excluding carboxylic acids is 1. The molecular weight excluding hydrogens is 406 g/mol. The van der Waals surface area contributed by atoms with Gasteiger partial charge >= 0.3 is 0 Å². The fourth-order valence-corrected chi connectivity index (χ4v) is 3.33. The number of ketones is 1. The maximum Gasteiger partial charge on any atom is 0.159 e. The summed E-state index contributed by atoms with van der Waals surface area (Å²) in [6.45, 7) is 7.89. The Labute approximate surface area is 199 Å². The molecule has 2 rings (SSSR count). The Balaban J connectivity index is 2.44. The van der Waals surface area contributed by atoms with Crippen molar-refractivity contribution in [3.05, 3.63) is 83.5 Å². The highest BCUT2D eigenvalue weighted by molar-refractivity contribution is 6.06. The van der Waals surface area contributed by atoms with Gasteiger partial charge in [0.25, 0.3) is 0 Å². The van der Waals surface area contributed by atoms with Crippen molar-refractivity contribution in [2.75, 3.05) is 17.7 Å². The Morgan fingerprint density at radius 3 is 2.45 bits per heavy atom. The molecule has 2 aromatic carbocycles. The SMILES string of the molecule is CC=CC(=NC(=CCCC)c1cccc(C(C)=O)c1)Nc1ccc(NC)c(C=CCCC)c1. The maximum absolute atomic E-state index is 11.9. The van der Waals surface area contributed by atoms with Gasteiger partial charge < -0.3 is 10.6 Å². The average Bonchev–Trinajstić information content (AvgIpc) is 2.82. The Bertz CT molecular complexity index is 1040. The number of allylic oxidation sites excluding steroid dienone is 3. The van der Waals surface area contributed by atoms with Crippen molar-refractivity contribution in [3.63, 3.8) is 0 Å². The van der Waals surface area contributed by atoms with E-state index < -0.39 is 0 Å². The summed E-state index contributed by atoms with van der Waals surface area (Å²) in [5, 5.41) is 6.73. The number of carbonyl (C=O) groups is 1.